The summed E-state index contributed by atoms with van der Waals surface area (Å²) >= 11 is 0. The van der Waals surface area contributed by atoms with Gasteiger partial charge in [-0.1, -0.05) is 6.92 Å². The lowest BCUT2D eigenvalue weighted by atomic mass is 10.1. The molecular formula is C12H17FN2O2. The predicted molar refractivity (Wildman–Crippen MR) is 64.2 cm³/mol. The average Bonchev–Trinajstić information content (AvgIpc) is 2.30. The number of carbonyl (C=O) groups is 1. The maximum atomic E-state index is 12.9. The minimum Gasteiger partial charge on any atom is -0.396 e. The molecule has 0 radical (unpaired) electrons. The van der Waals surface area contributed by atoms with Crippen LogP contribution < -0.4 is 11.1 Å². The molecule has 0 spiro atoms. The van der Waals surface area contributed by atoms with Gasteiger partial charge in [0.15, 0.2) is 0 Å². The standard InChI is InChI=1S/C12H17FN2O2/c1-8(7-17-2)6-15-12(16)9-3-4-10(13)11(14)5-9/h3-5,8H,6-7,14H2,1-2H3,(H,15,16). The second-order valence-electron chi connectivity index (χ2n) is 4.01. The number of amides is 1. The Morgan fingerprint density at radius 2 is 2.29 bits per heavy atom. The molecule has 1 atom stereocenters. The third-order valence-electron chi connectivity index (χ3n) is 2.32. The van der Waals surface area contributed by atoms with Crippen molar-refractivity contribution in [2.24, 2.45) is 5.92 Å². The molecule has 1 rings (SSSR count). The van der Waals surface area contributed by atoms with Crippen LogP contribution in [-0.4, -0.2) is 26.2 Å². The molecular weight excluding hydrogens is 223 g/mol. The van der Waals surface area contributed by atoms with Crippen molar-refractivity contribution in [1.29, 1.82) is 0 Å². The lowest BCUT2D eigenvalue weighted by Crippen LogP contribution is -2.29. The van der Waals surface area contributed by atoms with Gasteiger partial charge in [0.05, 0.1) is 12.3 Å². The van der Waals surface area contributed by atoms with E-state index in [9.17, 15) is 9.18 Å². The third-order valence-corrected chi connectivity index (χ3v) is 2.32. The molecule has 0 bridgehead atoms. The number of carbonyl (C=O) groups excluding carboxylic acids is 1. The molecule has 0 fully saturated rings. The van der Waals surface area contributed by atoms with Crippen molar-refractivity contribution in [1.82, 2.24) is 5.32 Å². The van der Waals surface area contributed by atoms with E-state index >= 15 is 0 Å². The van der Waals surface area contributed by atoms with Crippen molar-refractivity contribution in [2.75, 3.05) is 26.0 Å². The highest BCUT2D eigenvalue weighted by Crippen LogP contribution is 2.12. The van der Waals surface area contributed by atoms with Gasteiger partial charge in [0.25, 0.3) is 5.91 Å². The fourth-order valence-corrected chi connectivity index (χ4v) is 1.40. The molecule has 5 heteroatoms. The van der Waals surface area contributed by atoms with Gasteiger partial charge in [0.1, 0.15) is 5.82 Å². The Kier molecular flexibility index (Phi) is 4.90. The molecule has 1 unspecified atom stereocenters. The number of halogens is 1. The second-order valence-corrected chi connectivity index (χ2v) is 4.01. The van der Waals surface area contributed by atoms with Crippen LogP contribution in [0.2, 0.25) is 0 Å². The SMILES string of the molecule is COCC(C)CNC(=O)c1ccc(F)c(N)c1. The summed E-state index contributed by atoms with van der Waals surface area (Å²) in [6, 6.07) is 3.91. The molecule has 17 heavy (non-hydrogen) atoms. The lowest BCUT2D eigenvalue weighted by Gasteiger charge is -2.11. The van der Waals surface area contributed by atoms with E-state index < -0.39 is 5.82 Å². The van der Waals surface area contributed by atoms with E-state index in [1.165, 1.54) is 18.2 Å². The number of nitrogens with one attached hydrogen (secondary N) is 1. The summed E-state index contributed by atoms with van der Waals surface area (Å²) in [6.07, 6.45) is 0. The van der Waals surface area contributed by atoms with Crippen LogP contribution in [0.1, 0.15) is 17.3 Å². The smallest absolute Gasteiger partial charge is 0.251 e. The van der Waals surface area contributed by atoms with Crippen LogP contribution in [0.25, 0.3) is 0 Å². The van der Waals surface area contributed by atoms with Gasteiger partial charge in [-0.25, -0.2) is 4.39 Å². The first-order valence-corrected chi connectivity index (χ1v) is 5.36. The van der Waals surface area contributed by atoms with Crippen molar-refractivity contribution in [3.63, 3.8) is 0 Å². The molecule has 3 N–H and O–H groups in total. The van der Waals surface area contributed by atoms with Crippen LogP contribution in [0.5, 0.6) is 0 Å². The molecule has 1 aromatic rings. The van der Waals surface area contributed by atoms with Crippen molar-refractivity contribution in [3.8, 4) is 0 Å². The van der Waals surface area contributed by atoms with E-state index in [-0.39, 0.29) is 17.5 Å². The monoisotopic (exact) mass is 240 g/mol. The summed E-state index contributed by atoms with van der Waals surface area (Å²) in [6.45, 7) is 3.04. The number of nitrogen functional groups attached to an aromatic ring is 1. The summed E-state index contributed by atoms with van der Waals surface area (Å²) in [5.41, 5.74) is 5.72. The van der Waals surface area contributed by atoms with Crippen molar-refractivity contribution >= 4 is 11.6 Å². The number of benzene rings is 1. The Bertz CT molecular complexity index is 396. The number of methoxy groups -OCH3 is 1. The first-order valence-electron chi connectivity index (χ1n) is 5.36. The maximum absolute atomic E-state index is 12.9. The number of hydrogen-bond acceptors (Lipinski definition) is 3. The molecule has 0 aromatic heterocycles. The zero-order valence-electron chi connectivity index (χ0n) is 10.00. The first-order chi connectivity index (χ1) is 8.04. The Morgan fingerprint density at radius 3 is 2.88 bits per heavy atom. The summed E-state index contributed by atoms with van der Waals surface area (Å²) in [5, 5.41) is 2.73. The number of anilines is 1. The fourth-order valence-electron chi connectivity index (χ4n) is 1.40. The van der Waals surface area contributed by atoms with Gasteiger partial charge < -0.3 is 15.8 Å². The quantitative estimate of drug-likeness (QED) is 0.765. The molecule has 0 saturated heterocycles. The van der Waals surface area contributed by atoms with Gasteiger partial charge in [0, 0.05) is 19.2 Å². The highest BCUT2D eigenvalue weighted by molar-refractivity contribution is 5.95. The molecule has 1 amide bonds. The van der Waals surface area contributed by atoms with Gasteiger partial charge in [0.2, 0.25) is 0 Å². The molecule has 1 aromatic carbocycles. The van der Waals surface area contributed by atoms with E-state index in [2.05, 4.69) is 5.32 Å². The Morgan fingerprint density at radius 1 is 1.59 bits per heavy atom. The van der Waals surface area contributed by atoms with E-state index in [0.717, 1.165) is 0 Å². The molecule has 0 saturated carbocycles. The van der Waals surface area contributed by atoms with Gasteiger partial charge in [-0.2, -0.15) is 0 Å². The van der Waals surface area contributed by atoms with Crippen LogP contribution >= 0.6 is 0 Å². The van der Waals surface area contributed by atoms with Gasteiger partial charge >= 0.3 is 0 Å². The van der Waals surface area contributed by atoms with E-state index in [1.54, 1.807) is 7.11 Å². The minimum absolute atomic E-state index is 0.0254. The summed E-state index contributed by atoms with van der Waals surface area (Å²) < 4.78 is 17.9. The van der Waals surface area contributed by atoms with Gasteiger partial charge in [-0.3, -0.25) is 4.79 Å². The van der Waals surface area contributed by atoms with Crippen LogP contribution in [0.4, 0.5) is 10.1 Å². The first kappa shape index (κ1) is 13.4. The Labute approximate surface area is 100.0 Å². The van der Waals surface area contributed by atoms with Crippen molar-refractivity contribution < 1.29 is 13.9 Å². The minimum atomic E-state index is -0.519. The summed E-state index contributed by atoms with van der Waals surface area (Å²) in [4.78, 5) is 11.7. The number of rotatable bonds is 5. The topological polar surface area (TPSA) is 64.3 Å². The lowest BCUT2D eigenvalue weighted by molar-refractivity contribution is 0.0934. The molecule has 4 nitrogen and oxygen atoms in total. The number of hydrogen-bond donors (Lipinski definition) is 2. The third kappa shape index (κ3) is 4.03. The predicted octanol–water partition coefficient (Wildman–Crippen LogP) is 1.42. The Balaban J connectivity index is 2.55. The molecule has 0 aliphatic carbocycles. The van der Waals surface area contributed by atoms with Gasteiger partial charge in [-0.05, 0) is 24.1 Å². The van der Waals surface area contributed by atoms with Crippen LogP contribution in [-0.2, 0) is 4.74 Å². The van der Waals surface area contributed by atoms with E-state index in [4.69, 9.17) is 10.5 Å². The molecule has 0 heterocycles. The van der Waals surface area contributed by atoms with Crippen molar-refractivity contribution in [3.05, 3.63) is 29.6 Å². The van der Waals surface area contributed by atoms with E-state index in [1.807, 2.05) is 6.92 Å². The van der Waals surface area contributed by atoms with Gasteiger partial charge in [-0.15, -0.1) is 0 Å². The molecule has 94 valence electrons. The highest BCUT2D eigenvalue weighted by atomic mass is 19.1. The highest BCUT2D eigenvalue weighted by Gasteiger charge is 2.09. The van der Waals surface area contributed by atoms with Crippen LogP contribution in [0, 0.1) is 11.7 Å². The number of nitrogens with two attached hydrogens (primary N) is 1. The summed E-state index contributed by atoms with van der Waals surface area (Å²) in [7, 11) is 1.61. The fraction of sp³-hybridized carbons (Fsp3) is 0.417. The second kappa shape index (κ2) is 6.20. The number of ether oxygens (including phenoxy) is 1. The van der Waals surface area contributed by atoms with Crippen molar-refractivity contribution in [2.45, 2.75) is 6.92 Å². The van der Waals surface area contributed by atoms with Crippen LogP contribution in [0.3, 0.4) is 0 Å². The Hall–Kier alpha value is -1.62. The zero-order valence-corrected chi connectivity index (χ0v) is 10.00. The van der Waals surface area contributed by atoms with E-state index in [0.29, 0.717) is 18.7 Å². The normalized spacial score (nSPS) is 12.2. The maximum Gasteiger partial charge on any atom is 0.251 e. The average molecular weight is 240 g/mol. The molecule has 0 aliphatic rings. The zero-order chi connectivity index (χ0) is 12.8. The molecule has 0 aliphatic heterocycles. The summed E-state index contributed by atoms with van der Waals surface area (Å²) in [5.74, 6) is -0.560. The largest absolute Gasteiger partial charge is 0.396 e. The van der Waals surface area contributed by atoms with Crippen LogP contribution in [0.15, 0.2) is 18.2 Å².